The molecule has 7 heteroatoms. The first kappa shape index (κ1) is 24.3. The Morgan fingerprint density at radius 3 is 2.31 bits per heavy atom. The van der Waals surface area contributed by atoms with Crippen LogP contribution in [0, 0.1) is 5.82 Å². The number of amides is 2. The predicted octanol–water partition coefficient (Wildman–Crippen LogP) is 3.92. The number of fused-ring (bicyclic) bond motifs is 1. The Bertz CT molecular complexity index is 1150. The van der Waals surface area contributed by atoms with E-state index >= 15 is 0 Å². The molecule has 3 aromatic carbocycles. The fourth-order valence-corrected chi connectivity index (χ4v) is 4.15. The third kappa shape index (κ3) is 6.38. The van der Waals surface area contributed by atoms with Crippen molar-refractivity contribution >= 4 is 11.8 Å². The average Bonchev–Trinajstić information content (AvgIpc) is 2.90. The largest absolute Gasteiger partial charge is 0.486 e. The molecule has 3 aromatic rings. The monoisotopic (exact) mass is 476 g/mol. The van der Waals surface area contributed by atoms with Crippen LogP contribution in [0.25, 0.3) is 0 Å². The van der Waals surface area contributed by atoms with Crippen LogP contribution in [0.4, 0.5) is 4.39 Å². The number of carbonyl (C=O) groups excluding carboxylic acids is 2. The Kier molecular flexibility index (Phi) is 7.98. The van der Waals surface area contributed by atoms with Gasteiger partial charge in [-0.3, -0.25) is 9.59 Å². The summed E-state index contributed by atoms with van der Waals surface area (Å²) >= 11 is 0. The van der Waals surface area contributed by atoms with Gasteiger partial charge < -0.3 is 19.7 Å². The van der Waals surface area contributed by atoms with Crippen LogP contribution in [-0.4, -0.2) is 43.0 Å². The van der Waals surface area contributed by atoms with E-state index in [2.05, 4.69) is 5.32 Å². The van der Waals surface area contributed by atoms with Crippen LogP contribution >= 0.6 is 0 Å². The molecule has 0 radical (unpaired) electrons. The van der Waals surface area contributed by atoms with Gasteiger partial charge in [-0.25, -0.2) is 4.39 Å². The summed E-state index contributed by atoms with van der Waals surface area (Å²) in [5.74, 6) is 0.623. The Morgan fingerprint density at radius 1 is 0.914 bits per heavy atom. The van der Waals surface area contributed by atoms with Crippen molar-refractivity contribution in [1.29, 1.82) is 0 Å². The number of rotatable bonds is 9. The molecular formula is C28H29FN2O4. The van der Waals surface area contributed by atoms with Gasteiger partial charge in [-0.2, -0.15) is 0 Å². The lowest BCUT2D eigenvalue weighted by molar-refractivity contribution is -0.141. The first-order valence-corrected chi connectivity index (χ1v) is 11.7. The third-order valence-corrected chi connectivity index (χ3v) is 6.02. The molecule has 0 unspecified atom stereocenters. The standard InChI is InChI=1S/C28H29FN2O4/c1-30-28(33)24(17-20-5-3-2-4-6-20)31(19-22-7-11-23(29)12-8-22)27(32)14-10-21-9-13-25-26(18-21)35-16-15-34-25/h2-9,11-13,18,24H,10,14-17,19H2,1H3,(H,30,33)/t24-/m0/s1. The molecular weight excluding hydrogens is 447 g/mol. The second-order valence-corrected chi connectivity index (χ2v) is 8.45. The van der Waals surface area contributed by atoms with E-state index in [0.717, 1.165) is 16.7 Å². The SMILES string of the molecule is CNC(=O)[C@H](Cc1ccccc1)N(Cc1ccc(F)cc1)C(=O)CCc1ccc2c(c1)OCCO2. The zero-order valence-corrected chi connectivity index (χ0v) is 19.7. The van der Waals surface area contributed by atoms with E-state index in [0.29, 0.717) is 37.6 Å². The molecule has 1 atom stereocenters. The van der Waals surface area contributed by atoms with Crippen LogP contribution in [0.5, 0.6) is 11.5 Å². The predicted molar refractivity (Wildman–Crippen MR) is 131 cm³/mol. The number of ether oxygens (including phenoxy) is 2. The van der Waals surface area contributed by atoms with Gasteiger partial charge in [0, 0.05) is 26.4 Å². The molecule has 1 aliphatic rings. The van der Waals surface area contributed by atoms with Gasteiger partial charge in [-0.15, -0.1) is 0 Å². The van der Waals surface area contributed by atoms with Crippen LogP contribution < -0.4 is 14.8 Å². The molecule has 182 valence electrons. The Balaban J connectivity index is 1.56. The number of nitrogens with one attached hydrogen (secondary N) is 1. The second kappa shape index (κ2) is 11.5. The van der Waals surface area contributed by atoms with Crippen molar-refractivity contribution in [3.63, 3.8) is 0 Å². The highest BCUT2D eigenvalue weighted by Gasteiger charge is 2.29. The van der Waals surface area contributed by atoms with Crippen LogP contribution in [0.2, 0.25) is 0 Å². The van der Waals surface area contributed by atoms with Crippen LogP contribution in [-0.2, 0) is 29.0 Å². The molecule has 1 heterocycles. The fraction of sp³-hybridized carbons (Fsp3) is 0.286. The smallest absolute Gasteiger partial charge is 0.242 e. The van der Waals surface area contributed by atoms with E-state index in [1.807, 2.05) is 48.5 Å². The molecule has 1 N–H and O–H groups in total. The highest BCUT2D eigenvalue weighted by molar-refractivity contribution is 5.88. The maximum atomic E-state index is 13.5. The van der Waals surface area contributed by atoms with Crippen LogP contribution in [0.1, 0.15) is 23.1 Å². The average molecular weight is 477 g/mol. The lowest BCUT2D eigenvalue weighted by Gasteiger charge is -2.31. The van der Waals surface area contributed by atoms with Gasteiger partial charge in [-0.05, 0) is 47.4 Å². The normalized spacial score (nSPS) is 13.1. The van der Waals surface area contributed by atoms with E-state index in [-0.39, 0.29) is 30.6 Å². The highest BCUT2D eigenvalue weighted by Crippen LogP contribution is 2.31. The van der Waals surface area contributed by atoms with E-state index in [4.69, 9.17) is 9.47 Å². The molecule has 2 amide bonds. The van der Waals surface area contributed by atoms with Gasteiger partial charge in [0.15, 0.2) is 11.5 Å². The van der Waals surface area contributed by atoms with Crippen molar-refractivity contribution in [3.8, 4) is 11.5 Å². The number of carbonyl (C=O) groups is 2. The minimum atomic E-state index is -0.708. The van der Waals surface area contributed by atoms with Gasteiger partial charge in [0.05, 0.1) is 0 Å². The van der Waals surface area contributed by atoms with E-state index in [1.54, 1.807) is 24.1 Å². The molecule has 0 fully saturated rings. The van der Waals surface area contributed by atoms with Gasteiger partial charge >= 0.3 is 0 Å². The number of nitrogens with zero attached hydrogens (tertiary/aromatic N) is 1. The van der Waals surface area contributed by atoms with Gasteiger partial charge in [0.2, 0.25) is 11.8 Å². The quantitative estimate of drug-likeness (QED) is 0.509. The molecule has 0 aliphatic carbocycles. The highest BCUT2D eigenvalue weighted by atomic mass is 19.1. The van der Waals surface area contributed by atoms with Gasteiger partial charge in [0.1, 0.15) is 25.1 Å². The second-order valence-electron chi connectivity index (χ2n) is 8.45. The van der Waals surface area contributed by atoms with Gasteiger partial charge in [-0.1, -0.05) is 48.5 Å². The van der Waals surface area contributed by atoms with E-state index in [1.165, 1.54) is 12.1 Å². The van der Waals surface area contributed by atoms with Crippen molar-refractivity contribution in [2.45, 2.75) is 31.8 Å². The first-order chi connectivity index (χ1) is 17.0. The van der Waals surface area contributed by atoms with E-state index in [9.17, 15) is 14.0 Å². The summed E-state index contributed by atoms with van der Waals surface area (Å²) in [5, 5.41) is 2.70. The van der Waals surface area contributed by atoms with Crippen molar-refractivity contribution in [3.05, 3.63) is 95.3 Å². The maximum Gasteiger partial charge on any atom is 0.242 e. The van der Waals surface area contributed by atoms with Gasteiger partial charge in [0.25, 0.3) is 0 Å². The maximum absolute atomic E-state index is 13.5. The zero-order chi connectivity index (χ0) is 24.6. The van der Waals surface area contributed by atoms with Crippen LogP contribution in [0.15, 0.2) is 72.8 Å². The van der Waals surface area contributed by atoms with E-state index < -0.39 is 6.04 Å². The molecule has 0 spiro atoms. The minimum absolute atomic E-state index is 0.159. The molecule has 0 aromatic heterocycles. The summed E-state index contributed by atoms with van der Waals surface area (Å²) in [7, 11) is 1.57. The van der Waals surface area contributed by atoms with Crippen molar-refractivity contribution in [2.75, 3.05) is 20.3 Å². The lowest BCUT2D eigenvalue weighted by Crippen LogP contribution is -2.49. The Hall–Kier alpha value is -3.87. The molecule has 1 aliphatic heterocycles. The van der Waals surface area contributed by atoms with Crippen molar-refractivity contribution in [2.24, 2.45) is 0 Å². The summed E-state index contributed by atoms with van der Waals surface area (Å²) in [6.45, 7) is 1.21. The number of benzene rings is 3. The number of aryl methyl sites for hydroxylation is 1. The number of likely N-dealkylation sites (N-methyl/N-ethyl adjacent to an activating group) is 1. The lowest BCUT2D eigenvalue weighted by atomic mass is 10.0. The van der Waals surface area contributed by atoms with Crippen molar-refractivity contribution in [1.82, 2.24) is 10.2 Å². The third-order valence-electron chi connectivity index (χ3n) is 6.02. The number of hydrogen-bond acceptors (Lipinski definition) is 4. The number of halogens is 1. The molecule has 0 bridgehead atoms. The Labute approximate surface area is 204 Å². The fourth-order valence-electron chi connectivity index (χ4n) is 4.15. The first-order valence-electron chi connectivity index (χ1n) is 11.7. The minimum Gasteiger partial charge on any atom is -0.486 e. The Morgan fingerprint density at radius 2 is 1.60 bits per heavy atom. The zero-order valence-electron chi connectivity index (χ0n) is 19.7. The van der Waals surface area contributed by atoms with Crippen molar-refractivity contribution < 1.29 is 23.5 Å². The molecule has 6 nitrogen and oxygen atoms in total. The molecule has 4 rings (SSSR count). The number of hydrogen-bond donors (Lipinski definition) is 1. The molecule has 0 saturated heterocycles. The summed E-state index contributed by atoms with van der Waals surface area (Å²) in [6, 6.07) is 20.6. The van der Waals surface area contributed by atoms with Crippen LogP contribution in [0.3, 0.4) is 0 Å². The summed E-state index contributed by atoms with van der Waals surface area (Å²) in [5.41, 5.74) is 2.65. The topological polar surface area (TPSA) is 67.9 Å². The summed E-state index contributed by atoms with van der Waals surface area (Å²) in [4.78, 5) is 28.1. The molecule has 0 saturated carbocycles. The summed E-state index contributed by atoms with van der Waals surface area (Å²) < 4.78 is 24.7. The summed E-state index contributed by atoms with van der Waals surface area (Å²) in [6.07, 6.45) is 1.07. The molecule has 35 heavy (non-hydrogen) atoms.